The Hall–Kier alpha value is -3.50. The van der Waals surface area contributed by atoms with E-state index in [1.165, 1.54) is 6.08 Å². The first-order valence-corrected chi connectivity index (χ1v) is 9.83. The molecule has 5 heteroatoms. The van der Waals surface area contributed by atoms with Gasteiger partial charge >= 0.3 is 0 Å². The molecule has 0 aliphatic heterocycles. The van der Waals surface area contributed by atoms with Crippen molar-refractivity contribution in [2.75, 3.05) is 12.4 Å². The van der Waals surface area contributed by atoms with Crippen molar-refractivity contribution in [3.8, 4) is 16.9 Å². The number of benzene rings is 3. The number of carbonyl (C=O) groups excluding carboxylic acids is 1. The summed E-state index contributed by atoms with van der Waals surface area (Å²) in [5.74, 6) is 0.369. The predicted molar refractivity (Wildman–Crippen MR) is 122 cm³/mol. The fourth-order valence-corrected chi connectivity index (χ4v) is 3.56. The van der Waals surface area contributed by atoms with E-state index in [0.29, 0.717) is 16.5 Å². The van der Waals surface area contributed by atoms with Crippen LogP contribution >= 0.6 is 11.6 Å². The first-order valence-electron chi connectivity index (χ1n) is 9.45. The number of ether oxygens (including phenoxy) is 1. The first-order chi connectivity index (χ1) is 14.6. The quantitative estimate of drug-likeness (QED) is 0.363. The van der Waals surface area contributed by atoms with Crippen molar-refractivity contribution in [2.24, 2.45) is 0 Å². The molecule has 30 heavy (non-hydrogen) atoms. The molecule has 4 rings (SSSR count). The number of hydrogen-bond donors (Lipinski definition) is 1. The third kappa shape index (κ3) is 3.95. The van der Waals surface area contributed by atoms with Crippen molar-refractivity contribution in [1.29, 1.82) is 0 Å². The second-order valence-electron chi connectivity index (χ2n) is 6.86. The third-order valence-corrected chi connectivity index (χ3v) is 5.21. The molecule has 4 aromatic rings. The second-order valence-corrected chi connectivity index (χ2v) is 7.27. The van der Waals surface area contributed by atoms with Gasteiger partial charge in [0.15, 0.2) is 0 Å². The third-order valence-electron chi connectivity index (χ3n) is 4.88. The summed E-state index contributed by atoms with van der Waals surface area (Å²) in [4.78, 5) is 12.5. The number of amides is 1. The molecule has 0 saturated heterocycles. The summed E-state index contributed by atoms with van der Waals surface area (Å²) in [7, 11) is 1.60. The molecular weight excluding hydrogens is 398 g/mol. The average molecular weight is 418 g/mol. The molecule has 0 aliphatic rings. The van der Waals surface area contributed by atoms with E-state index in [0.717, 1.165) is 33.2 Å². The molecule has 0 aliphatic carbocycles. The van der Waals surface area contributed by atoms with Gasteiger partial charge < -0.3 is 14.5 Å². The van der Waals surface area contributed by atoms with Gasteiger partial charge in [0.25, 0.3) is 0 Å². The number of hydrogen-bond acceptors (Lipinski definition) is 3. The van der Waals surface area contributed by atoms with Gasteiger partial charge in [0.2, 0.25) is 5.91 Å². The van der Waals surface area contributed by atoms with Crippen LogP contribution in [0, 0.1) is 0 Å². The summed E-state index contributed by atoms with van der Waals surface area (Å²) < 4.78 is 11.3. The lowest BCUT2D eigenvalue weighted by Crippen LogP contribution is -2.09. The number of carbonyl (C=O) groups is 1. The Morgan fingerprint density at radius 3 is 2.53 bits per heavy atom. The number of halogens is 1. The van der Waals surface area contributed by atoms with Gasteiger partial charge in [-0.3, -0.25) is 4.79 Å². The molecular formula is C25H20ClNO3. The van der Waals surface area contributed by atoms with E-state index in [2.05, 4.69) is 5.32 Å². The molecule has 3 aromatic carbocycles. The van der Waals surface area contributed by atoms with Gasteiger partial charge in [-0.1, -0.05) is 54.1 Å². The number of methoxy groups -OCH3 is 1. The highest BCUT2D eigenvalue weighted by molar-refractivity contribution is 6.33. The Morgan fingerprint density at radius 2 is 1.80 bits per heavy atom. The van der Waals surface area contributed by atoms with Crippen molar-refractivity contribution >= 4 is 39.7 Å². The van der Waals surface area contributed by atoms with Crippen LogP contribution in [0.2, 0.25) is 5.02 Å². The van der Waals surface area contributed by atoms with Crippen LogP contribution in [0.4, 0.5) is 5.69 Å². The molecule has 0 saturated carbocycles. The van der Waals surface area contributed by atoms with Crippen LogP contribution in [0.25, 0.3) is 27.7 Å². The van der Waals surface area contributed by atoms with Crippen molar-refractivity contribution in [2.45, 2.75) is 6.92 Å². The van der Waals surface area contributed by atoms with Crippen LogP contribution in [0.15, 0.2) is 83.5 Å². The van der Waals surface area contributed by atoms with Gasteiger partial charge in [-0.2, -0.15) is 0 Å². The average Bonchev–Trinajstić information content (AvgIpc) is 3.18. The van der Waals surface area contributed by atoms with E-state index >= 15 is 0 Å². The fraction of sp³-hybridized carbons (Fsp3) is 0.0800. The Morgan fingerprint density at radius 1 is 1.07 bits per heavy atom. The number of allylic oxidation sites excluding steroid dienone is 1. The number of nitrogens with one attached hydrogen (secondary N) is 1. The van der Waals surface area contributed by atoms with Crippen LogP contribution in [-0.2, 0) is 4.79 Å². The van der Waals surface area contributed by atoms with E-state index in [1.807, 2.05) is 61.5 Å². The molecule has 4 nitrogen and oxygen atoms in total. The van der Waals surface area contributed by atoms with E-state index in [-0.39, 0.29) is 5.91 Å². The monoisotopic (exact) mass is 417 g/mol. The molecule has 0 atom stereocenters. The predicted octanol–water partition coefficient (Wildman–Crippen LogP) is 6.80. The largest absolute Gasteiger partial charge is 0.496 e. The standard InChI is InChI=1S/C25H20ClNO3/c1-16(12-25(28)27-22-11-7-6-10-21(22)26)18-13-19-20(17-8-4-3-5-9-17)15-30-24(19)14-23(18)29-2/h3-15H,1-2H3,(H,27,28)/b16-12+. The Bertz CT molecular complexity index is 1240. The minimum atomic E-state index is -0.266. The maximum atomic E-state index is 12.5. The summed E-state index contributed by atoms with van der Waals surface area (Å²) >= 11 is 6.13. The molecule has 0 spiro atoms. The van der Waals surface area contributed by atoms with Crippen molar-refractivity contribution < 1.29 is 13.9 Å². The van der Waals surface area contributed by atoms with E-state index in [4.69, 9.17) is 20.8 Å². The van der Waals surface area contributed by atoms with E-state index < -0.39 is 0 Å². The van der Waals surface area contributed by atoms with Gasteiger partial charge in [-0.05, 0) is 36.3 Å². The van der Waals surface area contributed by atoms with Gasteiger partial charge in [0.1, 0.15) is 11.3 Å². The molecule has 1 heterocycles. The van der Waals surface area contributed by atoms with Crippen LogP contribution in [0.1, 0.15) is 12.5 Å². The molecule has 0 bridgehead atoms. The van der Waals surface area contributed by atoms with Crippen molar-refractivity contribution in [1.82, 2.24) is 0 Å². The highest BCUT2D eigenvalue weighted by Gasteiger charge is 2.15. The summed E-state index contributed by atoms with van der Waals surface area (Å²) in [5.41, 5.74) is 4.92. The molecule has 0 unspecified atom stereocenters. The van der Waals surface area contributed by atoms with Gasteiger partial charge in [-0.25, -0.2) is 0 Å². The topological polar surface area (TPSA) is 51.5 Å². The summed E-state index contributed by atoms with van der Waals surface area (Å²) in [5, 5.41) is 4.25. The fourth-order valence-electron chi connectivity index (χ4n) is 3.38. The lowest BCUT2D eigenvalue weighted by Gasteiger charge is -2.10. The number of furan rings is 1. The lowest BCUT2D eigenvalue weighted by atomic mass is 9.99. The van der Waals surface area contributed by atoms with Gasteiger partial charge in [0, 0.05) is 28.7 Å². The van der Waals surface area contributed by atoms with Crippen LogP contribution in [0.3, 0.4) is 0 Å². The minimum absolute atomic E-state index is 0.266. The number of anilines is 1. The molecule has 150 valence electrons. The second kappa shape index (κ2) is 8.47. The molecule has 1 amide bonds. The SMILES string of the molecule is COc1cc2occ(-c3ccccc3)c2cc1/C(C)=C/C(=O)Nc1ccccc1Cl. The van der Waals surface area contributed by atoms with Crippen molar-refractivity contribution in [3.05, 3.63) is 89.7 Å². The summed E-state index contributed by atoms with van der Waals surface area (Å²) in [6.45, 7) is 1.87. The number of para-hydroxylation sites is 1. The Balaban J connectivity index is 1.72. The van der Waals surface area contributed by atoms with Gasteiger partial charge in [0.05, 0.1) is 24.1 Å². The van der Waals surface area contributed by atoms with Crippen LogP contribution in [-0.4, -0.2) is 13.0 Å². The van der Waals surface area contributed by atoms with Crippen LogP contribution < -0.4 is 10.1 Å². The summed E-state index contributed by atoms with van der Waals surface area (Å²) in [6, 6.07) is 21.0. The zero-order chi connectivity index (χ0) is 21.1. The first kappa shape index (κ1) is 19.8. The Kier molecular flexibility index (Phi) is 5.59. The highest BCUT2D eigenvalue weighted by atomic mass is 35.5. The normalized spacial score (nSPS) is 11.5. The number of fused-ring (bicyclic) bond motifs is 1. The molecule has 1 aromatic heterocycles. The van der Waals surface area contributed by atoms with Gasteiger partial charge in [-0.15, -0.1) is 0 Å². The highest BCUT2D eigenvalue weighted by Crippen LogP contribution is 2.37. The zero-order valence-corrected chi connectivity index (χ0v) is 17.4. The zero-order valence-electron chi connectivity index (χ0n) is 16.6. The lowest BCUT2D eigenvalue weighted by molar-refractivity contribution is -0.111. The molecule has 1 N–H and O–H groups in total. The van der Waals surface area contributed by atoms with E-state index in [9.17, 15) is 4.79 Å². The number of rotatable bonds is 5. The molecule has 0 fully saturated rings. The minimum Gasteiger partial charge on any atom is -0.496 e. The molecule has 0 radical (unpaired) electrons. The Labute approximate surface area is 179 Å². The maximum Gasteiger partial charge on any atom is 0.248 e. The smallest absolute Gasteiger partial charge is 0.248 e. The van der Waals surface area contributed by atoms with Crippen LogP contribution in [0.5, 0.6) is 5.75 Å². The van der Waals surface area contributed by atoms with E-state index in [1.54, 1.807) is 25.5 Å². The van der Waals surface area contributed by atoms with Crippen molar-refractivity contribution in [3.63, 3.8) is 0 Å². The maximum absolute atomic E-state index is 12.5. The summed E-state index contributed by atoms with van der Waals surface area (Å²) in [6.07, 6.45) is 3.28.